The molecule has 0 N–H and O–H groups in total. The predicted molar refractivity (Wildman–Crippen MR) is 72.3 cm³/mol. The van der Waals surface area contributed by atoms with Crippen molar-refractivity contribution in [2.75, 3.05) is 13.1 Å². The Morgan fingerprint density at radius 3 is 2.24 bits per heavy atom. The van der Waals surface area contributed by atoms with E-state index in [1.165, 1.54) is 5.56 Å². The third-order valence-corrected chi connectivity index (χ3v) is 3.06. The summed E-state index contributed by atoms with van der Waals surface area (Å²) in [6, 6.07) is 7.97. The fourth-order valence-corrected chi connectivity index (χ4v) is 1.82. The van der Waals surface area contributed by atoms with Crippen molar-refractivity contribution in [1.82, 2.24) is 4.90 Å². The van der Waals surface area contributed by atoms with Crippen molar-refractivity contribution in [1.29, 1.82) is 0 Å². The number of rotatable bonds is 6. The van der Waals surface area contributed by atoms with Crippen molar-refractivity contribution in [3.05, 3.63) is 35.4 Å². The Morgan fingerprint density at radius 2 is 1.76 bits per heavy atom. The molecule has 0 aliphatic carbocycles. The number of hydrogen-bond acceptors (Lipinski definition) is 1. The first-order valence-electron chi connectivity index (χ1n) is 6.61. The Kier molecular flexibility index (Phi) is 5.75. The SMILES string of the molecule is CCCCN(CC)C(=O)c1ccc(CC)cc1. The lowest BCUT2D eigenvalue weighted by molar-refractivity contribution is 0.0762. The maximum atomic E-state index is 12.2. The first-order chi connectivity index (χ1) is 8.22. The van der Waals surface area contributed by atoms with Gasteiger partial charge in [0, 0.05) is 18.7 Å². The van der Waals surface area contributed by atoms with Crippen molar-refractivity contribution < 1.29 is 4.79 Å². The molecule has 0 aliphatic heterocycles. The molecule has 0 aliphatic rings. The molecule has 2 nitrogen and oxygen atoms in total. The lowest BCUT2D eigenvalue weighted by atomic mass is 10.1. The topological polar surface area (TPSA) is 20.3 Å². The molecule has 1 aromatic carbocycles. The number of nitrogens with zero attached hydrogens (tertiary/aromatic N) is 1. The zero-order valence-electron chi connectivity index (χ0n) is 11.2. The van der Waals surface area contributed by atoms with Gasteiger partial charge in [-0.15, -0.1) is 0 Å². The minimum Gasteiger partial charge on any atom is -0.339 e. The summed E-state index contributed by atoms with van der Waals surface area (Å²) in [4.78, 5) is 14.1. The highest BCUT2D eigenvalue weighted by molar-refractivity contribution is 5.94. The van der Waals surface area contributed by atoms with Gasteiger partial charge in [-0.25, -0.2) is 0 Å². The Morgan fingerprint density at radius 1 is 1.12 bits per heavy atom. The van der Waals surface area contributed by atoms with Gasteiger partial charge < -0.3 is 4.90 Å². The second-order valence-electron chi connectivity index (χ2n) is 4.29. The summed E-state index contributed by atoms with van der Waals surface area (Å²) in [5.41, 5.74) is 2.08. The summed E-state index contributed by atoms with van der Waals surface area (Å²) in [5, 5.41) is 0. The Balaban J connectivity index is 2.71. The molecule has 0 unspecified atom stereocenters. The molecule has 0 spiro atoms. The van der Waals surface area contributed by atoms with Crippen LogP contribution in [0.15, 0.2) is 24.3 Å². The lowest BCUT2D eigenvalue weighted by Gasteiger charge is -2.20. The van der Waals surface area contributed by atoms with Gasteiger partial charge >= 0.3 is 0 Å². The number of hydrogen-bond donors (Lipinski definition) is 0. The summed E-state index contributed by atoms with van der Waals surface area (Å²) < 4.78 is 0. The average Bonchev–Trinajstić information content (AvgIpc) is 2.39. The van der Waals surface area contributed by atoms with Gasteiger partial charge in [0.05, 0.1) is 0 Å². The zero-order chi connectivity index (χ0) is 12.7. The van der Waals surface area contributed by atoms with Gasteiger partial charge in [-0.1, -0.05) is 32.4 Å². The fraction of sp³-hybridized carbons (Fsp3) is 0.533. The molecular weight excluding hydrogens is 210 g/mol. The molecule has 0 bridgehead atoms. The standard InChI is InChI=1S/C15H23NO/c1-4-7-12-16(6-3)15(17)14-10-8-13(5-2)9-11-14/h8-11H,4-7,12H2,1-3H3. The largest absolute Gasteiger partial charge is 0.339 e. The van der Waals surface area contributed by atoms with E-state index >= 15 is 0 Å². The Hall–Kier alpha value is -1.31. The Bertz CT molecular complexity index is 342. The van der Waals surface area contributed by atoms with Crippen LogP contribution in [0.3, 0.4) is 0 Å². The van der Waals surface area contributed by atoms with E-state index < -0.39 is 0 Å². The highest BCUT2D eigenvalue weighted by Crippen LogP contribution is 2.09. The van der Waals surface area contributed by atoms with Crippen molar-refractivity contribution >= 4 is 5.91 Å². The first kappa shape index (κ1) is 13.8. The minimum absolute atomic E-state index is 0.156. The number of benzene rings is 1. The predicted octanol–water partition coefficient (Wildman–Crippen LogP) is 3.51. The molecule has 1 amide bonds. The van der Waals surface area contributed by atoms with Gasteiger partial charge in [-0.3, -0.25) is 4.79 Å². The van der Waals surface area contributed by atoms with E-state index in [1.54, 1.807) is 0 Å². The molecule has 1 aromatic rings. The zero-order valence-corrected chi connectivity index (χ0v) is 11.2. The molecule has 0 radical (unpaired) electrons. The van der Waals surface area contributed by atoms with Gasteiger partial charge in [-0.2, -0.15) is 0 Å². The van der Waals surface area contributed by atoms with Gasteiger partial charge in [0.2, 0.25) is 0 Å². The van der Waals surface area contributed by atoms with Crippen LogP contribution in [0.2, 0.25) is 0 Å². The molecule has 0 heterocycles. The van der Waals surface area contributed by atoms with Gasteiger partial charge in [-0.05, 0) is 37.5 Å². The number of carbonyl (C=O) groups excluding carboxylic acids is 1. The molecule has 1 rings (SSSR count). The van der Waals surface area contributed by atoms with Crippen LogP contribution in [0.5, 0.6) is 0 Å². The maximum Gasteiger partial charge on any atom is 0.253 e. The van der Waals surface area contributed by atoms with Gasteiger partial charge in [0.25, 0.3) is 5.91 Å². The van der Waals surface area contributed by atoms with Crippen LogP contribution in [-0.2, 0) is 6.42 Å². The number of unbranched alkanes of at least 4 members (excludes halogenated alkanes) is 1. The highest BCUT2D eigenvalue weighted by Gasteiger charge is 2.12. The maximum absolute atomic E-state index is 12.2. The van der Waals surface area contributed by atoms with Gasteiger partial charge in [0.15, 0.2) is 0 Å². The highest BCUT2D eigenvalue weighted by atomic mass is 16.2. The van der Waals surface area contributed by atoms with E-state index in [1.807, 2.05) is 36.1 Å². The average molecular weight is 233 g/mol. The van der Waals surface area contributed by atoms with Crippen molar-refractivity contribution in [3.8, 4) is 0 Å². The molecule has 0 fully saturated rings. The van der Waals surface area contributed by atoms with Crippen LogP contribution >= 0.6 is 0 Å². The van der Waals surface area contributed by atoms with E-state index in [9.17, 15) is 4.79 Å². The van der Waals surface area contributed by atoms with Gasteiger partial charge in [0.1, 0.15) is 0 Å². The fourth-order valence-electron chi connectivity index (χ4n) is 1.82. The van der Waals surface area contributed by atoms with Crippen molar-refractivity contribution in [2.45, 2.75) is 40.0 Å². The van der Waals surface area contributed by atoms with E-state index in [0.29, 0.717) is 0 Å². The van der Waals surface area contributed by atoms with Crippen molar-refractivity contribution in [2.24, 2.45) is 0 Å². The molecular formula is C15H23NO. The smallest absolute Gasteiger partial charge is 0.253 e. The van der Waals surface area contributed by atoms with Crippen LogP contribution < -0.4 is 0 Å². The summed E-state index contributed by atoms with van der Waals surface area (Å²) in [6.45, 7) is 7.95. The molecule has 0 saturated carbocycles. The summed E-state index contributed by atoms with van der Waals surface area (Å²) in [6.07, 6.45) is 3.22. The Labute approximate surface area is 105 Å². The minimum atomic E-state index is 0.156. The number of amides is 1. The van der Waals surface area contributed by atoms with E-state index in [4.69, 9.17) is 0 Å². The summed E-state index contributed by atoms with van der Waals surface area (Å²) >= 11 is 0. The van der Waals surface area contributed by atoms with E-state index in [2.05, 4.69) is 13.8 Å². The van der Waals surface area contributed by atoms with Crippen LogP contribution in [0.4, 0.5) is 0 Å². The first-order valence-corrected chi connectivity index (χ1v) is 6.61. The molecule has 2 heteroatoms. The summed E-state index contributed by atoms with van der Waals surface area (Å²) in [5.74, 6) is 0.156. The van der Waals surface area contributed by atoms with Crippen LogP contribution in [0, 0.1) is 0 Å². The third-order valence-electron chi connectivity index (χ3n) is 3.06. The number of carbonyl (C=O) groups is 1. The van der Waals surface area contributed by atoms with Crippen molar-refractivity contribution in [3.63, 3.8) is 0 Å². The quantitative estimate of drug-likeness (QED) is 0.736. The van der Waals surface area contributed by atoms with E-state index in [0.717, 1.165) is 37.9 Å². The molecule has 17 heavy (non-hydrogen) atoms. The molecule has 94 valence electrons. The van der Waals surface area contributed by atoms with Crippen LogP contribution in [-0.4, -0.2) is 23.9 Å². The third kappa shape index (κ3) is 3.88. The van der Waals surface area contributed by atoms with Crippen LogP contribution in [0.1, 0.15) is 49.5 Å². The monoisotopic (exact) mass is 233 g/mol. The molecule has 0 aromatic heterocycles. The summed E-state index contributed by atoms with van der Waals surface area (Å²) in [7, 11) is 0. The normalized spacial score (nSPS) is 10.3. The lowest BCUT2D eigenvalue weighted by Crippen LogP contribution is -2.31. The second-order valence-corrected chi connectivity index (χ2v) is 4.29. The molecule has 0 atom stereocenters. The van der Waals surface area contributed by atoms with Crippen LogP contribution in [0.25, 0.3) is 0 Å². The molecule has 0 saturated heterocycles. The number of aryl methyl sites for hydroxylation is 1. The second kappa shape index (κ2) is 7.10. The van der Waals surface area contributed by atoms with E-state index in [-0.39, 0.29) is 5.91 Å².